The van der Waals surface area contributed by atoms with Crippen molar-refractivity contribution in [2.45, 2.75) is 51.9 Å². The second-order valence-corrected chi connectivity index (χ2v) is 7.31. The molecule has 23 heavy (non-hydrogen) atoms. The number of carbonyl (C=O) groups excluding carboxylic acids is 1. The predicted molar refractivity (Wildman–Crippen MR) is 82.7 cm³/mol. The number of carbonyl (C=O) groups is 1. The number of hydrogen-bond acceptors (Lipinski definition) is 3. The zero-order chi connectivity index (χ0) is 17.6. The number of fused-ring (bicyclic) bond motifs is 1. The molecule has 0 saturated heterocycles. The molecule has 0 aromatic heterocycles. The second kappa shape index (κ2) is 5.32. The van der Waals surface area contributed by atoms with Crippen LogP contribution in [0, 0.1) is 0 Å². The fourth-order valence-corrected chi connectivity index (χ4v) is 2.40. The summed E-state index contributed by atoms with van der Waals surface area (Å²) in [4.78, 5) is 13.7. The lowest BCUT2D eigenvalue weighted by molar-refractivity contribution is -0.137. The van der Waals surface area contributed by atoms with E-state index in [0.717, 1.165) is 12.1 Å². The first-order valence-electron chi connectivity index (χ1n) is 7.28. The lowest BCUT2D eigenvalue weighted by Gasteiger charge is -2.41. The topological polar surface area (TPSA) is 41.6 Å². The van der Waals surface area contributed by atoms with Gasteiger partial charge in [0.1, 0.15) is 5.60 Å². The smallest absolute Gasteiger partial charge is 0.416 e. The molecule has 1 N–H and O–H groups in total. The fourth-order valence-electron chi connectivity index (χ4n) is 2.40. The van der Waals surface area contributed by atoms with Crippen LogP contribution in [0.5, 0.6) is 0 Å². The molecule has 4 nitrogen and oxygen atoms in total. The highest BCUT2D eigenvalue weighted by Crippen LogP contribution is 2.40. The summed E-state index contributed by atoms with van der Waals surface area (Å²) in [6.45, 7) is 9.08. The number of rotatable bonds is 0. The molecule has 1 heterocycles. The maximum absolute atomic E-state index is 13.0. The molecule has 0 unspecified atom stereocenters. The Balaban J connectivity index is 2.46. The first kappa shape index (κ1) is 17.4. The van der Waals surface area contributed by atoms with Crippen LogP contribution in [0.1, 0.15) is 40.2 Å². The molecule has 1 amide bonds. The minimum absolute atomic E-state index is 0.174. The van der Waals surface area contributed by atoms with Crippen LogP contribution in [0.25, 0.3) is 0 Å². The Labute approximate surface area is 133 Å². The van der Waals surface area contributed by atoms with Crippen molar-refractivity contribution in [1.82, 2.24) is 0 Å². The molecular formula is C16H21F3N2O2. The van der Waals surface area contributed by atoms with Gasteiger partial charge in [-0.1, -0.05) is 0 Å². The normalized spacial score (nSPS) is 17.3. The molecule has 7 heteroatoms. The highest BCUT2D eigenvalue weighted by atomic mass is 19.4. The predicted octanol–water partition coefficient (Wildman–Crippen LogP) is 4.65. The molecule has 0 spiro atoms. The number of halogens is 3. The summed E-state index contributed by atoms with van der Waals surface area (Å²) in [5.41, 5.74) is -1.36. The molecule has 0 saturated carbocycles. The van der Waals surface area contributed by atoms with Crippen LogP contribution >= 0.6 is 0 Å². The molecule has 0 atom stereocenters. The van der Waals surface area contributed by atoms with Gasteiger partial charge >= 0.3 is 12.3 Å². The molecule has 0 radical (unpaired) electrons. The highest BCUT2D eigenvalue weighted by Gasteiger charge is 2.38. The van der Waals surface area contributed by atoms with Gasteiger partial charge < -0.3 is 10.1 Å². The number of amides is 1. The van der Waals surface area contributed by atoms with Gasteiger partial charge in [-0.25, -0.2) is 4.79 Å². The van der Waals surface area contributed by atoms with Gasteiger partial charge in [0.15, 0.2) is 0 Å². The summed E-state index contributed by atoms with van der Waals surface area (Å²) in [5, 5.41) is 3.15. The molecule has 1 aliphatic rings. The van der Waals surface area contributed by atoms with Crippen molar-refractivity contribution in [3.05, 3.63) is 23.8 Å². The summed E-state index contributed by atoms with van der Waals surface area (Å²) in [5.74, 6) is 0. The van der Waals surface area contributed by atoms with Crippen LogP contribution in [0.2, 0.25) is 0 Å². The Kier molecular flexibility index (Phi) is 4.03. The van der Waals surface area contributed by atoms with Gasteiger partial charge in [0.25, 0.3) is 0 Å². The van der Waals surface area contributed by atoms with Crippen LogP contribution in [0.15, 0.2) is 18.2 Å². The standard InChI is InChI=1S/C16H21F3N2O2/c1-14(2,3)23-13(22)21-9-15(4,5)20-11-7-6-10(8-12(11)21)16(17,18)19/h6-8,20H,9H2,1-5H3. The van der Waals surface area contributed by atoms with Crippen molar-refractivity contribution < 1.29 is 22.7 Å². The van der Waals surface area contributed by atoms with Crippen molar-refractivity contribution >= 4 is 17.5 Å². The van der Waals surface area contributed by atoms with Crippen LogP contribution in [-0.2, 0) is 10.9 Å². The third-order valence-electron chi connectivity index (χ3n) is 3.26. The van der Waals surface area contributed by atoms with E-state index in [2.05, 4.69) is 5.32 Å². The Hall–Kier alpha value is -1.92. The first-order valence-corrected chi connectivity index (χ1v) is 7.28. The van der Waals surface area contributed by atoms with Gasteiger partial charge in [-0.3, -0.25) is 4.90 Å². The maximum atomic E-state index is 13.0. The van der Waals surface area contributed by atoms with E-state index in [1.807, 2.05) is 13.8 Å². The number of nitrogens with one attached hydrogen (secondary N) is 1. The number of hydrogen-bond donors (Lipinski definition) is 1. The van der Waals surface area contributed by atoms with E-state index >= 15 is 0 Å². The molecule has 0 fully saturated rings. The zero-order valence-corrected chi connectivity index (χ0v) is 13.8. The number of ether oxygens (including phenoxy) is 1. The molecule has 0 aliphatic carbocycles. The summed E-state index contributed by atoms with van der Waals surface area (Å²) in [7, 11) is 0. The average Bonchev–Trinajstić information content (AvgIpc) is 2.32. The first-order chi connectivity index (χ1) is 10.3. The minimum atomic E-state index is -4.47. The van der Waals surface area contributed by atoms with E-state index in [0.29, 0.717) is 5.69 Å². The highest BCUT2D eigenvalue weighted by molar-refractivity contribution is 5.94. The Morgan fingerprint density at radius 3 is 2.39 bits per heavy atom. The van der Waals surface area contributed by atoms with Gasteiger partial charge in [0.05, 0.1) is 23.5 Å². The largest absolute Gasteiger partial charge is 0.443 e. The Bertz CT molecular complexity index is 619. The van der Waals surface area contributed by atoms with E-state index in [1.54, 1.807) is 20.8 Å². The summed E-state index contributed by atoms with van der Waals surface area (Å²) >= 11 is 0. The maximum Gasteiger partial charge on any atom is 0.416 e. The van der Waals surface area contributed by atoms with Gasteiger partial charge in [0.2, 0.25) is 0 Å². The number of nitrogens with zero attached hydrogens (tertiary/aromatic N) is 1. The number of anilines is 2. The van der Waals surface area contributed by atoms with Crippen molar-refractivity contribution in [3.8, 4) is 0 Å². The SMILES string of the molecule is CC1(C)CN(C(=O)OC(C)(C)C)c2cc(C(F)(F)F)ccc2N1. The molecule has 0 bridgehead atoms. The Morgan fingerprint density at radius 2 is 1.87 bits per heavy atom. The van der Waals surface area contributed by atoms with Crippen LogP contribution in [0.4, 0.5) is 29.3 Å². The summed E-state index contributed by atoms with van der Waals surface area (Å²) in [6.07, 6.45) is -5.13. The summed E-state index contributed by atoms with van der Waals surface area (Å²) < 4.78 is 44.2. The number of alkyl halides is 3. The van der Waals surface area contributed by atoms with Crippen molar-refractivity contribution in [2.24, 2.45) is 0 Å². The third-order valence-corrected chi connectivity index (χ3v) is 3.26. The van der Waals surface area contributed by atoms with Crippen molar-refractivity contribution in [3.63, 3.8) is 0 Å². The molecular weight excluding hydrogens is 309 g/mol. The third kappa shape index (κ3) is 4.09. The molecule has 1 aromatic carbocycles. The van der Waals surface area contributed by atoms with E-state index in [9.17, 15) is 18.0 Å². The zero-order valence-electron chi connectivity index (χ0n) is 13.8. The lowest BCUT2D eigenvalue weighted by atomic mass is 9.98. The van der Waals surface area contributed by atoms with Crippen molar-refractivity contribution in [1.29, 1.82) is 0 Å². The fraction of sp³-hybridized carbons (Fsp3) is 0.562. The quantitative estimate of drug-likeness (QED) is 0.753. The van der Waals surface area contributed by atoms with E-state index < -0.39 is 29.0 Å². The van der Waals surface area contributed by atoms with Gasteiger partial charge in [-0.15, -0.1) is 0 Å². The van der Waals surface area contributed by atoms with Crippen LogP contribution < -0.4 is 10.2 Å². The minimum Gasteiger partial charge on any atom is -0.443 e. The molecule has 128 valence electrons. The molecule has 2 rings (SSSR count). The van der Waals surface area contributed by atoms with E-state index in [4.69, 9.17) is 4.74 Å². The molecule has 1 aromatic rings. The van der Waals surface area contributed by atoms with Gasteiger partial charge in [-0.2, -0.15) is 13.2 Å². The number of benzene rings is 1. The van der Waals surface area contributed by atoms with Crippen LogP contribution in [-0.4, -0.2) is 23.8 Å². The van der Waals surface area contributed by atoms with Gasteiger partial charge in [-0.05, 0) is 52.8 Å². The van der Waals surface area contributed by atoms with E-state index in [1.165, 1.54) is 11.0 Å². The van der Waals surface area contributed by atoms with Crippen LogP contribution in [0.3, 0.4) is 0 Å². The second-order valence-electron chi connectivity index (χ2n) is 7.31. The Morgan fingerprint density at radius 1 is 1.26 bits per heavy atom. The van der Waals surface area contributed by atoms with E-state index in [-0.39, 0.29) is 12.2 Å². The summed E-state index contributed by atoms with van der Waals surface area (Å²) in [6, 6.07) is 3.32. The lowest BCUT2D eigenvalue weighted by Crippen LogP contribution is -2.52. The monoisotopic (exact) mass is 330 g/mol. The average molecular weight is 330 g/mol. The van der Waals surface area contributed by atoms with Gasteiger partial charge in [0, 0.05) is 5.54 Å². The molecule has 1 aliphatic heterocycles. The van der Waals surface area contributed by atoms with Crippen molar-refractivity contribution in [2.75, 3.05) is 16.8 Å².